The Hall–Kier alpha value is -3.88. The fourth-order valence-electron chi connectivity index (χ4n) is 3.75. The molecule has 0 bridgehead atoms. The Kier molecular flexibility index (Phi) is 6.51. The summed E-state index contributed by atoms with van der Waals surface area (Å²) in [5.74, 6) is -13.2. The van der Waals surface area contributed by atoms with E-state index in [1.165, 1.54) is 12.1 Å². The van der Waals surface area contributed by atoms with Crippen molar-refractivity contribution < 1.29 is 42.6 Å². The van der Waals surface area contributed by atoms with Crippen molar-refractivity contribution >= 4 is 0 Å². The summed E-state index contributed by atoms with van der Waals surface area (Å²) >= 11 is 0. The van der Waals surface area contributed by atoms with Crippen LogP contribution in [0.1, 0.15) is 27.2 Å². The van der Waals surface area contributed by atoms with E-state index in [4.69, 9.17) is 2.74 Å². The molecule has 0 aliphatic rings. The molecule has 0 amide bonds. The normalized spacial score (nSPS) is 12.4. The van der Waals surface area contributed by atoms with E-state index in [1.807, 2.05) is 19.1 Å². The molecular weight excluding hydrogens is 504 g/mol. The van der Waals surface area contributed by atoms with Crippen molar-refractivity contribution in [2.45, 2.75) is 25.9 Å². The molecule has 37 heavy (non-hydrogen) atoms. The molecule has 0 aliphatic carbocycles. The van der Waals surface area contributed by atoms with E-state index in [0.717, 1.165) is 24.5 Å². The second-order valence-electron chi connectivity index (χ2n) is 8.10. The number of hydrogen-bond donors (Lipinski definition) is 0. The SMILES string of the molecule is [2H]c1c(F)c(F)c(F)c([2H])c1OC(F)(F)c1c(F)cc(-c2ccc(-c3ccc(CCC)cc3)cc2F)cc1F. The Balaban J connectivity index is 1.68. The van der Waals surface area contributed by atoms with Gasteiger partial charge in [0.2, 0.25) is 0 Å². The largest absolute Gasteiger partial charge is 0.432 e. The molecule has 0 radical (unpaired) electrons. The number of halogens is 8. The van der Waals surface area contributed by atoms with Gasteiger partial charge in [-0.3, -0.25) is 0 Å². The molecule has 9 heteroatoms. The highest BCUT2D eigenvalue weighted by molar-refractivity contribution is 5.71. The lowest BCUT2D eigenvalue weighted by atomic mass is 9.97. The van der Waals surface area contributed by atoms with E-state index in [9.17, 15) is 35.1 Å². The Bertz CT molecular complexity index is 1500. The number of benzene rings is 4. The van der Waals surface area contributed by atoms with Gasteiger partial charge in [-0.2, -0.15) is 8.78 Å². The molecule has 0 aromatic heterocycles. The maximum Gasteiger partial charge on any atom is 0.432 e. The Labute approximate surface area is 209 Å². The molecule has 0 unspecified atom stereocenters. The molecule has 4 rings (SSSR count). The molecule has 0 saturated carbocycles. The average Bonchev–Trinajstić information content (AvgIpc) is 2.89. The van der Waals surface area contributed by atoms with Crippen molar-refractivity contribution in [1.82, 2.24) is 0 Å². The molecule has 0 saturated heterocycles. The van der Waals surface area contributed by atoms with Crippen molar-refractivity contribution in [3.05, 3.63) is 113 Å². The molecule has 4 aromatic rings. The fourth-order valence-corrected chi connectivity index (χ4v) is 3.75. The van der Waals surface area contributed by atoms with Crippen LogP contribution in [0.25, 0.3) is 22.3 Å². The quantitative estimate of drug-likeness (QED) is 0.173. The van der Waals surface area contributed by atoms with Gasteiger partial charge in [0, 0.05) is 17.6 Å². The summed E-state index contributed by atoms with van der Waals surface area (Å²) in [7, 11) is 0. The predicted molar refractivity (Wildman–Crippen MR) is 122 cm³/mol. The lowest BCUT2D eigenvalue weighted by Crippen LogP contribution is -2.25. The van der Waals surface area contributed by atoms with Gasteiger partial charge in [0.25, 0.3) is 0 Å². The number of hydrogen-bond acceptors (Lipinski definition) is 1. The van der Waals surface area contributed by atoms with Crippen molar-refractivity contribution in [3.8, 4) is 28.0 Å². The van der Waals surface area contributed by atoms with E-state index in [0.29, 0.717) is 23.3 Å². The van der Waals surface area contributed by atoms with Crippen LogP contribution in [0.5, 0.6) is 5.75 Å². The second-order valence-corrected chi connectivity index (χ2v) is 8.10. The molecule has 0 atom stereocenters. The van der Waals surface area contributed by atoms with E-state index in [2.05, 4.69) is 4.74 Å². The first kappa shape index (κ1) is 23.5. The molecular formula is C28H18F8O. The van der Waals surface area contributed by atoms with E-state index in [1.54, 1.807) is 12.1 Å². The Morgan fingerprint density at radius 2 is 1.24 bits per heavy atom. The minimum absolute atomic E-state index is 0.306. The van der Waals surface area contributed by atoms with Gasteiger partial charge < -0.3 is 4.74 Å². The van der Waals surface area contributed by atoms with Gasteiger partial charge in [0.1, 0.15) is 28.8 Å². The van der Waals surface area contributed by atoms with Gasteiger partial charge in [0.15, 0.2) is 17.5 Å². The van der Waals surface area contributed by atoms with Crippen LogP contribution in [0.15, 0.2) is 66.7 Å². The molecule has 0 fully saturated rings. The Morgan fingerprint density at radius 1 is 0.703 bits per heavy atom. The highest BCUT2D eigenvalue weighted by Crippen LogP contribution is 2.38. The summed E-state index contributed by atoms with van der Waals surface area (Å²) in [6.45, 7) is 2.03. The van der Waals surface area contributed by atoms with E-state index < -0.39 is 70.0 Å². The van der Waals surface area contributed by atoms with Crippen LogP contribution in [0.3, 0.4) is 0 Å². The average molecular weight is 524 g/mol. The third kappa shape index (κ3) is 5.45. The smallest absolute Gasteiger partial charge is 0.429 e. The zero-order valence-corrected chi connectivity index (χ0v) is 19.0. The minimum atomic E-state index is -5.00. The maximum atomic E-state index is 14.9. The molecule has 4 aromatic carbocycles. The molecule has 0 heterocycles. The molecule has 192 valence electrons. The number of ether oxygens (including phenoxy) is 1. The van der Waals surface area contributed by atoms with Crippen molar-refractivity contribution in [1.29, 1.82) is 0 Å². The van der Waals surface area contributed by atoms with Crippen LogP contribution in [-0.2, 0) is 12.5 Å². The van der Waals surface area contributed by atoms with Crippen molar-refractivity contribution in [2.75, 3.05) is 0 Å². The standard InChI is InChI=1S/C28H18F8O/c1-2-3-15-4-6-16(7-5-15)17-8-9-20(21(29)10-17)18-11-22(30)26(23(31)12-18)28(35,36)37-19-13-24(32)27(34)25(33)14-19/h4-14H,2-3H2,1H3/i13D,14D. The van der Waals surface area contributed by atoms with Crippen LogP contribution in [0.4, 0.5) is 35.1 Å². The molecule has 1 nitrogen and oxygen atoms in total. The zero-order valence-electron chi connectivity index (χ0n) is 21.0. The second kappa shape index (κ2) is 10.2. The summed E-state index contributed by atoms with van der Waals surface area (Å²) in [5, 5.41) is 0. The Morgan fingerprint density at radius 3 is 1.78 bits per heavy atom. The van der Waals surface area contributed by atoms with Gasteiger partial charge in [-0.25, -0.2) is 26.3 Å². The summed E-state index contributed by atoms with van der Waals surface area (Å²) in [5.41, 5.74) is -0.529. The first-order valence-corrected chi connectivity index (χ1v) is 10.9. The molecule has 0 aliphatic heterocycles. The highest BCUT2D eigenvalue weighted by Gasteiger charge is 2.41. The topological polar surface area (TPSA) is 9.23 Å². The van der Waals surface area contributed by atoms with Crippen molar-refractivity contribution in [2.24, 2.45) is 0 Å². The van der Waals surface area contributed by atoms with Gasteiger partial charge in [-0.1, -0.05) is 49.7 Å². The zero-order chi connectivity index (χ0) is 28.6. The van der Waals surface area contributed by atoms with Gasteiger partial charge in [-0.15, -0.1) is 0 Å². The van der Waals surface area contributed by atoms with Crippen LogP contribution < -0.4 is 4.74 Å². The van der Waals surface area contributed by atoms with Crippen LogP contribution >= 0.6 is 0 Å². The third-order valence-electron chi connectivity index (χ3n) is 5.50. The van der Waals surface area contributed by atoms with Crippen LogP contribution in [0.2, 0.25) is 0 Å². The monoisotopic (exact) mass is 524 g/mol. The summed E-state index contributed by atoms with van der Waals surface area (Å²) in [6.07, 6.45) is -3.18. The van der Waals surface area contributed by atoms with Gasteiger partial charge in [-0.05, 0) is 46.9 Å². The number of alkyl halides is 2. The maximum absolute atomic E-state index is 14.9. The highest BCUT2D eigenvalue weighted by atomic mass is 19.3. The summed E-state index contributed by atoms with van der Waals surface area (Å²) < 4.78 is 133. The van der Waals surface area contributed by atoms with Crippen molar-refractivity contribution in [3.63, 3.8) is 0 Å². The van der Waals surface area contributed by atoms with E-state index in [-0.39, 0.29) is 5.56 Å². The number of rotatable bonds is 7. The number of aryl methyl sites for hydroxylation is 1. The molecule has 0 N–H and O–H groups in total. The lowest BCUT2D eigenvalue weighted by Gasteiger charge is -2.20. The van der Waals surface area contributed by atoms with Gasteiger partial charge in [0.05, 0.1) is 2.74 Å². The summed E-state index contributed by atoms with van der Waals surface area (Å²) in [4.78, 5) is 0. The first-order chi connectivity index (χ1) is 18.4. The first-order valence-electron chi connectivity index (χ1n) is 11.9. The van der Waals surface area contributed by atoms with Crippen LogP contribution in [-0.4, -0.2) is 0 Å². The van der Waals surface area contributed by atoms with E-state index >= 15 is 0 Å². The summed E-state index contributed by atoms with van der Waals surface area (Å²) in [6, 6.07) is 8.49. The predicted octanol–water partition coefficient (Wildman–Crippen LogP) is 8.94. The lowest BCUT2D eigenvalue weighted by molar-refractivity contribution is -0.189. The third-order valence-corrected chi connectivity index (χ3v) is 5.50. The molecule has 0 spiro atoms. The van der Waals surface area contributed by atoms with Crippen LogP contribution in [0, 0.1) is 34.9 Å². The fraction of sp³-hybridized carbons (Fsp3) is 0.143. The van der Waals surface area contributed by atoms with Gasteiger partial charge >= 0.3 is 6.11 Å². The minimum Gasteiger partial charge on any atom is -0.429 e.